The van der Waals surface area contributed by atoms with Crippen LogP contribution in [0.15, 0.2) is 28.7 Å². The van der Waals surface area contributed by atoms with E-state index in [9.17, 15) is 10.5 Å². The van der Waals surface area contributed by atoms with Gasteiger partial charge < -0.3 is 9.47 Å². The topological polar surface area (TPSA) is 106 Å². The fraction of sp³-hybridized carbons (Fsp3) is 0.471. The zero-order valence-corrected chi connectivity index (χ0v) is 14.7. The maximum atomic E-state index is 10.2. The Morgan fingerprint density at radius 1 is 1.21 bits per heavy atom. The van der Waals surface area contributed by atoms with Gasteiger partial charge in [-0.1, -0.05) is 35.0 Å². The van der Waals surface area contributed by atoms with Crippen LogP contribution in [-0.2, 0) is 14.9 Å². The summed E-state index contributed by atoms with van der Waals surface area (Å²) in [7, 11) is 0. The molecule has 0 unspecified atom stereocenters. The third-order valence-electron chi connectivity index (χ3n) is 5.87. The second-order valence-electron chi connectivity index (χ2n) is 6.34. The van der Waals surface area contributed by atoms with E-state index in [0.717, 1.165) is 10.0 Å². The Balaban J connectivity index is 2.03. The minimum atomic E-state index is -1.37. The van der Waals surface area contributed by atoms with E-state index >= 15 is 0 Å². The number of nitrogens with zero attached hydrogens (tertiary/aromatic N) is 2. The Hall–Kier alpha value is -1.93. The van der Waals surface area contributed by atoms with Gasteiger partial charge in [0.25, 0.3) is 5.84 Å². The first-order valence-electron chi connectivity index (χ1n) is 7.79. The summed E-state index contributed by atoms with van der Waals surface area (Å²) in [6.45, 7) is 2.67. The molecule has 24 heavy (non-hydrogen) atoms. The van der Waals surface area contributed by atoms with Gasteiger partial charge in [-0.05, 0) is 24.1 Å². The van der Waals surface area contributed by atoms with Crippen molar-refractivity contribution in [1.82, 2.24) is 0 Å². The molecule has 0 bridgehead atoms. The van der Waals surface area contributed by atoms with Crippen molar-refractivity contribution in [2.45, 2.75) is 24.7 Å². The summed E-state index contributed by atoms with van der Waals surface area (Å²) >= 11 is 3.43. The highest BCUT2D eigenvalue weighted by atomic mass is 79.9. The second kappa shape index (κ2) is 4.58. The second-order valence-corrected chi connectivity index (χ2v) is 7.26. The lowest BCUT2D eigenvalue weighted by Crippen LogP contribution is -2.90. The highest BCUT2D eigenvalue weighted by molar-refractivity contribution is 9.10. The van der Waals surface area contributed by atoms with Crippen LogP contribution in [0.3, 0.4) is 0 Å². The lowest BCUT2D eigenvalue weighted by Gasteiger charge is -2.29. The van der Waals surface area contributed by atoms with E-state index in [2.05, 4.69) is 33.1 Å². The number of amidine groups is 1. The molecule has 0 aromatic heterocycles. The predicted octanol–water partition coefficient (Wildman–Crippen LogP) is 0.282. The first-order valence-corrected chi connectivity index (χ1v) is 8.59. The quantitative estimate of drug-likeness (QED) is 0.757. The van der Waals surface area contributed by atoms with Crippen molar-refractivity contribution in [3.8, 4) is 12.1 Å². The molecule has 122 valence electrons. The fourth-order valence-electron chi connectivity index (χ4n) is 5.05. The summed E-state index contributed by atoms with van der Waals surface area (Å²) in [6, 6.07) is 12.4. The van der Waals surface area contributed by atoms with Gasteiger partial charge in [0.15, 0.2) is 10.8 Å². The van der Waals surface area contributed by atoms with E-state index in [0.29, 0.717) is 19.6 Å². The molecule has 3 aliphatic rings. The molecule has 6 nitrogen and oxygen atoms in total. The van der Waals surface area contributed by atoms with E-state index < -0.39 is 22.2 Å². The Morgan fingerprint density at radius 2 is 1.83 bits per heavy atom. The van der Waals surface area contributed by atoms with Gasteiger partial charge in [0.2, 0.25) is 0 Å². The van der Waals surface area contributed by atoms with Crippen LogP contribution in [0.25, 0.3) is 0 Å². The number of hydrogen-bond acceptors (Lipinski definition) is 5. The number of benzene rings is 1. The third-order valence-corrected chi connectivity index (χ3v) is 6.40. The first kappa shape index (κ1) is 15.6. The van der Waals surface area contributed by atoms with E-state index in [1.807, 2.05) is 31.2 Å². The van der Waals surface area contributed by atoms with Crippen molar-refractivity contribution in [2.24, 2.45) is 16.6 Å². The molecular weight excluding hydrogens is 372 g/mol. The number of hydrogen-bond donors (Lipinski definition) is 2. The van der Waals surface area contributed by atoms with Gasteiger partial charge in [-0.25, -0.2) is 4.99 Å². The summed E-state index contributed by atoms with van der Waals surface area (Å²) in [5.41, 5.74) is 3.94. The maximum absolute atomic E-state index is 10.2. The molecular formula is C17H16BrN4O2+. The number of rotatable bonds is 2. The van der Waals surface area contributed by atoms with Crippen LogP contribution in [0.2, 0.25) is 0 Å². The normalized spacial score (nSPS) is 38.2. The summed E-state index contributed by atoms with van der Waals surface area (Å²) < 4.78 is 12.6. The van der Waals surface area contributed by atoms with Crippen molar-refractivity contribution < 1.29 is 14.5 Å². The number of nitrogens with two attached hydrogens (primary N) is 1. The average Bonchev–Trinajstić information content (AvgIpc) is 2.81. The minimum absolute atomic E-state index is 0.248. The van der Waals surface area contributed by atoms with Gasteiger partial charge in [-0.2, -0.15) is 10.5 Å². The Morgan fingerprint density at radius 3 is 2.33 bits per heavy atom. The molecule has 1 aliphatic carbocycles. The zero-order chi connectivity index (χ0) is 17.2. The summed E-state index contributed by atoms with van der Waals surface area (Å²) in [5, 5.41) is 20.3. The van der Waals surface area contributed by atoms with Gasteiger partial charge in [0.1, 0.15) is 0 Å². The fourth-order valence-corrected chi connectivity index (χ4v) is 5.31. The van der Waals surface area contributed by atoms with E-state index in [1.165, 1.54) is 0 Å². The maximum Gasteiger partial charge on any atom is 0.343 e. The predicted molar refractivity (Wildman–Crippen MR) is 87.0 cm³/mol. The number of ether oxygens (including phenoxy) is 2. The highest BCUT2D eigenvalue weighted by Crippen LogP contribution is 2.83. The van der Waals surface area contributed by atoms with E-state index in [-0.39, 0.29) is 5.84 Å². The number of halogens is 1. The molecule has 1 saturated carbocycles. The third kappa shape index (κ3) is 1.23. The van der Waals surface area contributed by atoms with Gasteiger partial charge in [-0.15, -0.1) is 0 Å². The SMILES string of the molecule is CC[C@]1(c2ccc(Br)cc2)[C@]2(C#N)C(N)=[NH+]C3(OCCO3)[C@@]21C#N. The molecule has 4 rings (SSSR count). The lowest BCUT2D eigenvalue weighted by molar-refractivity contribution is -0.677. The van der Waals surface area contributed by atoms with Crippen LogP contribution in [-0.4, -0.2) is 25.0 Å². The zero-order valence-electron chi connectivity index (χ0n) is 13.1. The van der Waals surface area contributed by atoms with Crippen LogP contribution in [0.4, 0.5) is 0 Å². The lowest BCUT2D eigenvalue weighted by atomic mass is 9.80. The summed E-state index contributed by atoms with van der Waals surface area (Å²) in [4.78, 5) is 2.98. The van der Waals surface area contributed by atoms with E-state index in [4.69, 9.17) is 15.2 Å². The minimum Gasteiger partial charge on any atom is -0.311 e. The number of nitriles is 2. The van der Waals surface area contributed by atoms with Crippen molar-refractivity contribution in [1.29, 1.82) is 10.5 Å². The molecule has 1 saturated heterocycles. The number of fused-ring (bicyclic) bond motifs is 2. The Labute approximate surface area is 148 Å². The molecule has 7 heteroatoms. The Kier molecular flexibility index (Phi) is 2.97. The highest BCUT2D eigenvalue weighted by Gasteiger charge is 3.04. The number of nitrogens with one attached hydrogen (secondary N) is 1. The molecule has 3 atom stereocenters. The van der Waals surface area contributed by atoms with Crippen molar-refractivity contribution in [2.75, 3.05) is 13.2 Å². The summed E-state index contributed by atoms with van der Waals surface area (Å²) in [6.07, 6.45) is 0.562. The Bertz CT molecular complexity index is 834. The van der Waals surface area contributed by atoms with Gasteiger partial charge in [0, 0.05) is 4.47 Å². The van der Waals surface area contributed by atoms with Crippen molar-refractivity contribution >= 4 is 21.8 Å². The van der Waals surface area contributed by atoms with Crippen LogP contribution >= 0.6 is 15.9 Å². The van der Waals surface area contributed by atoms with Crippen LogP contribution < -0.4 is 10.7 Å². The molecule has 3 N–H and O–H groups in total. The van der Waals surface area contributed by atoms with Crippen molar-refractivity contribution in [3.63, 3.8) is 0 Å². The monoisotopic (exact) mass is 387 g/mol. The molecule has 0 radical (unpaired) electrons. The average molecular weight is 388 g/mol. The van der Waals surface area contributed by atoms with Crippen LogP contribution in [0.5, 0.6) is 0 Å². The molecule has 2 aliphatic heterocycles. The molecule has 1 spiro atoms. The van der Waals surface area contributed by atoms with E-state index in [1.54, 1.807) is 0 Å². The summed E-state index contributed by atoms with van der Waals surface area (Å²) in [5.74, 6) is -1.12. The van der Waals surface area contributed by atoms with Gasteiger partial charge in [0.05, 0.1) is 30.8 Å². The van der Waals surface area contributed by atoms with Crippen molar-refractivity contribution in [3.05, 3.63) is 34.3 Å². The molecule has 0 amide bonds. The van der Waals surface area contributed by atoms with Gasteiger partial charge in [-0.3, -0.25) is 5.73 Å². The van der Waals surface area contributed by atoms with Gasteiger partial charge >= 0.3 is 5.91 Å². The molecule has 2 heterocycles. The van der Waals surface area contributed by atoms with Crippen LogP contribution in [0, 0.1) is 33.5 Å². The van der Waals surface area contributed by atoms with Crippen LogP contribution in [0.1, 0.15) is 18.9 Å². The standard InChI is InChI=1S/C17H15BrN4O2/c1-2-14(11-3-5-12(18)6-4-11)15(9-19)13(21)22-17(16(14,15)10-20)23-7-8-24-17/h3-6H,2,7-8H2,1H3,(H2,21,22)/p+1/t14-,15-,16+/m0/s1. The largest absolute Gasteiger partial charge is 0.343 e. The molecule has 2 fully saturated rings. The smallest absolute Gasteiger partial charge is 0.311 e. The molecule has 1 aromatic carbocycles. The molecule has 1 aromatic rings. The first-order chi connectivity index (χ1) is 11.5.